The van der Waals surface area contributed by atoms with Crippen molar-refractivity contribution in [3.8, 4) is 0 Å². The Bertz CT molecular complexity index is 230. The molecule has 0 aliphatic rings. The maximum Gasteiger partial charge on any atom is 0.323 e. The number of ether oxygens (including phenoxy) is 2. The summed E-state index contributed by atoms with van der Waals surface area (Å²) in [6, 6.07) is 0. The molecule has 0 aliphatic carbocycles. The monoisotopic (exact) mass is 321 g/mol. The second-order valence-corrected chi connectivity index (χ2v) is 8.12. The zero-order valence-corrected chi connectivity index (χ0v) is 16.1. The van der Waals surface area contributed by atoms with Crippen LogP contribution in [0.5, 0.6) is 0 Å². The lowest BCUT2D eigenvalue weighted by Gasteiger charge is -2.34. The van der Waals surface area contributed by atoms with Crippen molar-refractivity contribution < 1.29 is 18.3 Å². The van der Waals surface area contributed by atoms with Gasteiger partial charge in [-0.2, -0.15) is 0 Å². The molecule has 0 aromatic rings. The molecule has 0 amide bonds. The Morgan fingerprint density at radius 2 is 1.38 bits per heavy atom. The van der Waals surface area contributed by atoms with Gasteiger partial charge in [0.25, 0.3) is 0 Å². The van der Waals surface area contributed by atoms with Crippen molar-refractivity contribution in [2.45, 2.75) is 65.5 Å². The third kappa shape index (κ3) is 8.28. The van der Waals surface area contributed by atoms with E-state index in [1.807, 2.05) is 13.8 Å². The van der Waals surface area contributed by atoms with Gasteiger partial charge in [0.2, 0.25) is 0 Å². The van der Waals surface area contributed by atoms with E-state index in [1.54, 1.807) is 14.2 Å². The van der Waals surface area contributed by atoms with Crippen LogP contribution < -0.4 is 0 Å². The van der Waals surface area contributed by atoms with E-state index >= 15 is 0 Å². The van der Waals surface area contributed by atoms with Crippen LogP contribution in [0.2, 0.25) is 5.54 Å². The predicted octanol–water partition coefficient (Wildman–Crippen LogP) is 2.74. The molecule has 0 N–H and O–H groups in total. The van der Waals surface area contributed by atoms with Gasteiger partial charge >= 0.3 is 9.28 Å². The minimum Gasteiger partial charge on any atom is -0.400 e. The summed E-state index contributed by atoms with van der Waals surface area (Å²) < 4.78 is 22.3. The van der Waals surface area contributed by atoms with Crippen molar-refractivity contribution >= 4 is 9.28 Å². The van der Waals surface area contributed by atoms with Crippen LogP contribution >= 0.6 is 0 Å². The highest BCUT2D eigenvalue weighted by molar-refractivity contribution is 6.46. The standard InChI is InChI=1S/C15H35NO4Si/c1-8-19-14(4)16(15(5)20-9-2)12-10-11-13(3)21(17-6)18-7/h13-15,21H,8-12H2,1-7H3. The molecule has 0 fully saturated rings. The summed E-state index contributed by atoms with van der Waals surface area (Å²) in [5.74, 6) is 0. The molecule has 0 radical (unpaired) electrons. The first-order valence-electron chi connectivity index (χ1n) is 8.06. The van der Waals surface area contributed by atoms with Crippen LogP contribution in [0.4, 0.5) is 0 Å². The molecule has 0 heterocycles. The molecule has 0 bridgehead atoms. The topological polar surface area (TPSA) is 40.2 Å². The second-order valence-electron chi connectivity index (χ2n) is 5.31. The van der Waals surface area contributed by atoms with Crippen LogP contribution in [0.3, 0.4) is 0 Å². The van der Waals surface area contributed by atoms with Crippen LogP contribution in [-0.4, -0.2) is 60.6 Å². The van der Waals surface area contributed by atoms with E-state index in [2.05, 4.69) is 25.7 Å². The molecular weight excluding hydrogens is 286 g/mol. The third-order valence-electron chi connectivity index (χ3n) is 3.75. The molecule has 0 saturated heterocycles. The van der Waals surface area contributed by atoms with Crippen LogP contribution in [-0.2, 0) is 18.3 Å². The number of nitrogens with zero attached hydrogens (tertiary/aromatic N) is 1. The van der Waals surface area contributed by atoms with Crippen molar-refractivity contribution in [1.82, 2.24) is 4.90 Å². The summed E-state index contributed by atoms with van der Waals surface area (Å²) >= 11 is 0. The molecule has 3 atom stereocenters. The lowest BCUT2D eigenvalue weighted by atomic mass is 10.2. The molecule has 5 nitrogen and oxygen atoms in total. The minimum atomic E-state index is -1.51. The van der Waals surface area contributed by atoms with Gasteiger partial charge < -0.3 is 18.3 Å². The third-order valence-corrected chi connectivity index (χ3v) is 5.95. The fourth-order valence-corrected chi connectivity index (χ4v) is 4.26. The lowest BCUT2D eigenvalue weighted by molar-refractivity contribution is -0.136. The lowest BCUT2D eigenvalue weighted by Crippen LogP contribution is -2.44. The smallest absolute Gasteiger partial charge is 0.323 e. The minimum absolute atomic E-state index is 0.0738. The molecular formula is C15H35NO4Si. The molecule has 0 spiro atoms. The Morgan fingerprint density at radius 1 is 0.905 bits per heavy atom. The maximum atomic E-state index is 5.72. The van der Waals surface area contributed by atoms with Crippen molar-refractivity contribution in [2.75, 3.05) is 34.0 Å². The zero-order valence-electron chi connectivity index (χ0n) is 14.9. The Morgan fingerprint density at radius 3 is 1.76 bits per heavy atom. The summed E-state index contributed by atoms with van der Waals surface area (Å²) in [5, 5.41) is 0. The molecule has 21 heavy (non-hydrogen) atoms. The highest BCUT2D eigenvalue weighted by Crippen LogP contribution is 2.19. The van der Waals surface area contributed by atoms with E-state index in [1.165, 1.54) is 0 Å². The van der Waals surface area contributed by atoms with Gasteiger partial charge in [-0.3, -0.25) is 4.90 Å². The first-order valence-corrected chi connectivity index (χ1v) is 9.67. The Labute approximate surface area is 132 Å². The van der Waals surface area contributed by atoms with Gasteiger partial charge in [-0.25, -0.2) is 0 Å². The van der Waals surface area contributed by atoms with Crippen LogP contribution in [0, 0.1) is 0 Å². The first kappa shape index (κ1) is 21.0. The fraction of sp³-hybridized carbons (Fsp3) is 1.00. The van der Waals surface area contributed by atoms with Gasteiger partial charge in [0.1, 0.15) is 12.5 Å². The highest BCUT2D eigenvalue weighted by atomic mass is 28.3. The quantitative estimate of drug-likeness (QED) is 0.385. The van der Waals surface area contributed by atoms with Gasteiger partial charge in [-0.1, -0.05) is 6.92 Å². The Kier molecular flexibility index (Phi) is 12.6. The van der Waals surface area contributed by atoms with Gasteiger partial charge in [-0.05, 0) is 46.1 Å². The molecule has 0 saturated carbocycles. The maximum absolute atomic E-state index is 5.72. The van der Waals surface area contributed by atoms with Crippen molar-refractivity contribution in [3.05, 3.63) is 0 Å². The number of hydrogen-bond donors (Lipinski definition) is 0. The Balaban J connectivity index is 4.34. The van der Waals surface area contributed by atoms with Crippen LogP contribution in [0.1, 0.15) is 47.5 Å². The summed E-state index contributed by atoms with van der Waals surface area (Å²) in [5.41, 5.74) is 0.506. The van der Waals surface area contributed by atoms with Crippen LogP contribution in [0.25, 0.3) is 0 Å². The molecule has 0 aliphatic heterocycles. The van der Waals surface area contributed by atoms with E-state index in [-0.39, 0.29) is 12.5 Å². The van der Waals surface area contributed by atoms with E-state index in [4.69, 9.17) is 18.3 Å². The molecule has 0 rings (SSSR count). The van der Waals surface area contributed by atoms with Gasteiger partial charge in [-0.15, -0.1) is 0 Å². The fourth-order valence-electron chi connectivity index (χ4n) is 2.63. The summed E-state index contributed by atoms with van der Waals surface area (Å²) in [6.45, 7) is 12.8. The van der Waals surface area contributed by atoms with Crippen LogP contribution in [0.15, 0.2) is 0 Å². The van der Waals surface area contributed by atoms with Gasteiger partial charge in [0.15, 0.2) is 0 Å². The van der Waals surface area contributed by atoms with Crippen molar-refractivity contribution in [3.63, 3.8) is 0 Å². The van der Waals surface area contributed by atoms with E-state index < -0.39 is 9.28 Å². The van der Waals surface area contributed by atoms with Crippen molar-refractivity contribution in [1.29, 1.82) is 0 Å². The highest BCUT2D eigenvalue weighted by Gasteiger charge is 2.23. The predicted molar refractivity (Wildman–Crippen MR) is 88.7 cm³/mol. The summed E-state index contributed by atoms with van der Waals surface area (Å²) in [4.78, 5) is 2.27. The molecule has 3 unspecified atom stereocenters. The first-order chi connectivity index (χ1) is 10.0. The summed E-state index contributed by atoms with van der Waals surface area (Å²) in [7, 11) is 1.99. The zero-order chi connectivity index (χ0) is 16.3. The molecule has 0 aromatic carbocycles. The Hall–Kier alpha value is 0.0169. The average Bonchev–Trinajstić information content (AvgIpc) is 2.45. The van der Waals surface area contributed by atoms with E-state index in [0.717, 1.165) is 32.6 Å². The normalized spacial score (nSPS) is 16.4. The molecule has 128 valence electrons. The largest absolute Gasteiger partial charge is 0.400 e. The van der Waals surface area contributed by atoms with Gasteiger partial charge in [0, 0.05) is 34.0 Å². The summed E-state index contributed by atoms with van der Waals surface area (Å²) in [6.07, 6.45) is 2.34. The van der Waals surface area contributed by atoms with Gasteiger partial charge in [0.05, 0.1) is 0 Å². The number of hydrogen-bond acceptors (Lipinski definition) is 5. The molecule has 6 heteroatoms. The van der Waals surface area contributed by atoms with Crippen molar-refractivity contribution in [2.24, 2.45) is 0 Å². The number of rotatable bonds is 13. The SMILES string of the molecule is CCOC(C)N(CCCC(C)[SiH](OC)OC)C(C)OCC. The second kappa shape index (κ2) is 12.5. The van der Waals surface area contributed by atoms with E-state index in [0.29, 0.717) is 5.54 Å². The van der Waals surface area contributed by atoms with E-state index in [9.17, 15) is 0 Å². The molecule has 0 aromatic heterocycles. The average molecular weight is 322 g/mol.